The third-order valence-electron chi connectivity index (χ3n) is 3.31. The Labute approximate surface area is 122 Å². The molecule has 1 heterocycles. The number of ketones is 1. The van der Waals surface area contributed by atoms with E-state index in [1.807, 2.05) is 18.2 Å². The second kappa shape index (κ2) is 5.21. The summed E-state index contributed by atoms with van der Waals surface area (Å²) in [6.07, 6.45) is 8.64. The third kappa shape index (κ3) is 2.16. The first kappa shape index (κ1) is 13.1. The van der Waals surface area contributed by atoms with Crippen LogP contribution in [0, 0.1) is 0 Å². The van der Waals surface area contributed by atoms with Gasteiger partial charge in [0.15, 0.2) is 17.3 Å². The van der Waals surface area contributed by atoms with E-state index in [9.17, 15) is 4.79 Å². The van der Waals surface area contributed by atoms with Crippen molar-refractivity contribution in [3.8, 4) is 11.5 Å². The number of hydrogen-bond donors (Lipinski definition) is 0. The average Bonchev–Trinajstić information content (AvgIpc) is 2.61. The van der Waals surface area contributed by atoms with Gasteiger partial charge in [-0.05, 0) is 36.3 Å². The Bertz CT molecular complexity index is 669. The molecule has 0 atom stereocenters. The topological polar surface area (TPSA) is 35.5 Å². The highest BCUT2D eigenvalue weighted by Crippen LogP contribution is 2.43. The summed E-state index contributed by atoms with van der Waals surface area (Å²) in [7, 11) is 3.17. The number of methoxy groups -OCH3 is 2. The van der Waals surface area contributed by atoms with Crippen LogP contribution in [0.5, 0.6) is 11.5 Å². The minimum absolute atomic E-state index is 0.0159. The van der Waals surface area contributed by atoms with Crippen LogP contribution in [0.2, 0.25) is 0 Å². The molecule has 1 aliphatic carbocycles. The smallest absolute Gasteiger partial charge is 0.187 e. The van der Waals surface area contributed by atoms with Gasteiger partial charge in [0.2, 0.25) is 0 Å². The molecule has 0 radical (unpaired) electrons. The molecule has 0 saturated carbocycles. The summed E-state index contributed by atoms with van der Waals surface area (Å²) >= 11 is 1.60. The van der Waals surface area contributed by atoms with Gasteiger partial charge in [0.05, 0.1) is 14.2 Å². The number of fused-ring (bicyclic) bond motifs is 2. The number of thioether (sulfide) groups is 1. The molecule has 4 heteroatoms. The van der Waals surface area contributed by atoms with Crippen LogP contribution in [0.4, 0.5) is 0 Å². The SMILES string of the molecule is COc1cc2c(cc1OC)C(=O)C=C1CC=CC=C1S2. The van der Waals surface area contributed by atoms with Crippen molar-refractivity contribution in [3.63, 3.8) is 0 Å². The van der Waals surface area contributed by atoms with Crippen molar-refractivity contribution in [1.29, 1.82) is 0 Å². The molecule has 102 valence electrons. The molecule has 0 spiro atoms. The van der Waals surface area contributed by atoms with Crippen LogP contribution in [-0.2, 0) is 0 Å². The molecule has 0 N–H and O–H groups in total. The van der Waals surface area contributed by atoms with Gasteiger partial charge in [-0.3, -0.25) is 4.79 Å². The predicted octanol–water partition coefficient (Wildman–Crippen LogP) is 3.76. The van der Waals surface area contributed by atoms with E-state index in [2.05, 4.69) is 6.08 Å². The van der Waals surface area contributed by atoms with E-state index in [4.69, 9.17) is 9.47 Å². The Hall–Kier alpha value is -1.94. The maximum Gasteiger partial charge on any atom is 0.187 e. The number of allylic oxidation sites excluding steroid dienone is 5. The molecule has 1 aromatic rings. The van der Waals surface area contributed by atoms with Crippen LogP contribution < -0.4 is 9.47 Å². The van der Waals surface area contributed by atoms with Crippen molar-refractivity contribution in [2.75, 3.05) is 14.2 Å². The first-order chi connectivity index (χ1) is 9.72. The normalized spacial score (nSPS) is 16.6. The van der Waals surface area contributed by atoms with E-state index in [1.165, 1.54) is 0 Å². The second-order valence-electron chi connectivity index (χ2n) is 4.50. The second-order valence-corrected chi connectivity index (χ2v) is 5.59. The highest BCUT2D eigenvalue weighted by molar-refractivity contribution is 8.03. The molecular formula is C16H14O3S. The molecule has 0 saturated heterocycles. The molecule has 0 unspecified atom stereocenters. The Kier molecular flexibility index (Phi) is 3.40. The lowest BCUT2D eigenvalue weighted by atomic mass is 10.0. The standard InChI is InChI=1S/C16H14O3S/c1-18-13-8-11-12(17)7-10-5-3-4-6-15(10)20-16(11)9-14(13)19-2/h3-4,6-9H,5H2,1-2H3. The Morgan fingerprint density at radius 3 is 2.65 bits per heavy atom. The van der Waals surface area contributed by atoms with E-state index in [0.717, 1.165) is 21.8 Å². The lowest BCUT2D eigenvalue weighted by Crippen LogP contribution is -1.99. The molecule has 3 nitrogen and oxygen atoms in total. The van der Waals surface area contributed by atoms with Crippen molar-refractivity contribution < 1.29 is 14.3 Å². The van der Waals surface area contributed by atoms with Gasteiger partial charge in [0.25, 0.3) is 0 Å². The van der Waals surface area contributed by atoms with Gasteiger partial charge in [-0.15, -0.1) is 0 Å². The first-order valence-corrected chi connectivity index (χ1v) is 7.10. The van der Waals surface area contributed by atoms with Gasteiger partial charge in [-0.1, -0.05) is 23.9 Å². The van der Waals surface area contributed by atoms with Crippen LogP contribution in [0.3, 0.4) is 0 Å². The van der Waals surface area contributed by atoms with E-state index in [0.29, 0.717) is 17.1 Å². The Morgan fingerprint density at radius 2 is 1.90 bits per heavy atom. The van der Waals surface area contributed by atoms with Crippen LogP contribution >= 0.6 is 11.8 Å². The van der Waals surface area contributed by atoms with E-state index < -0.39 is 0 Å². The minimum atomic E-state index is 0.0159. The minimum Gasteiger partial charge on any atom is -0.493 e. The fourth-order valence-electron chi connectivity index (χ4n) is 2.28. The molecule has 3 rings (SSSR count). The van der Waals surface area contributed by atoms with Crippen molar-refractivity contribution in [3.05, 3.63) is 52.5 Å². The number of ether oxygens (including phenoxy) is 2. The summed E-state index contributed by atoms with van der Waals surface area (Å²) < 4.78 is 10.6. The number of benzene rings is 1. The van der Waals surface area contributed by atoms with Gasteiger partial charge >= 0.3 is 0 Å². The van der Waals surface area contributed by atoms with Crippen molar-refractivity contribution in [1.82, 2.24) is 0 Å². The number of hydrogen-bond acceptors (Lipinski definition) is 4. The van der Waals surface area contributed by atoms with Gasteiger partial charge in [0.1, 0.15) is 0 Å². The third-order valence-corrected chi connectivity index (χ3v) is 4.49. The van der Waals surface area contributed by atoms with Crippen LogP contribution in [0.1, 0.15) is 16.8 Å². The maximum atomic E-state index is 12.4. The summed E-state index contributed by atoms with van der Waals surface area (Å²) in [5.74, 6) is 1.24. The largest absolute Gasteiger partial charge is 0.493 e. The van der Waals surface area contributed by atoms with E-state index in [1.54, 1.807) is 38.1 Å². The zero-order valence-electron chi connectivity index (χ0n) is 11.3. The van der Waals surface area contributed by atoms with Crippen LogP contribution in [-0.4, -0.2) is 20.0 Å². The molecule has 0 amide bonds. The van der Waals surface area contributed by atoms with Crippen LogP contribution in [0.25, 0.3) is 0 Å². The number of carbonyl (C=O) groups is 1. The monoisotopic (exact) mass is 286 g/mol. The lowest BCUT2D eigenvalue weighted by molar-refractivity contribution is 0.104. The van der Waals surface area contributed by atoms with Crippen LogP contribution in [0.15, 0.2) is 51.8 Å². The van der Waals surface area contributed by atoms with Crippen molar-refractivity contribution >= 4 is 17.5 Å². The van der Waals surface area contributed by atoms with Gasteiger partial charge in [0, 0.05) is 15.4 Å². The number of rotatable bonds is 2. The summed E-state index contributed by atoms with van der Waals surface area (Å²) in [6, 6.07) is 3.62. The van der Waals surface area contributed by atoms with E-state index in [-0.39, 0.29) is 5.78 Å². The fraction of sp³-hybridized carbons (Fsp3) is 0.188. The van der Waals surface area contributed by atoms with Gasteiger partial charge in [-0.25, -0.2) is 0 Å². The van der Waals surface area contributed by atoms with Crippen molar-refractivity contribution in [2.45, 2.75) is 11.3 Å². The maximum absolute atomic E-state index is 12.4. The predicted molar refractivity (Wildman–Crippen MR) is 79.7 cm³/mol. The number of carbonyl (C=O) groups excluding carboxylic acids is 1. The summed E-state index contributed by atoms with van der Waals surface area (Å²) in [4.78, 5) is 14.4. The lowest BCUT2D eigenvalue weighted by Gasteiger charge is -2.13. The highest BCUT2D eigenvalue weighted by Gasteiger charge is 2.22. The Balaban J connectivity index is 2.15. The molecule has 0 bridgehead atoms. The Morgan fingerprint density at radius 1 is 1.15 bits per heavy atom. The summed E-state index contributed by atoms with van der Waals surface area (Å²) in [5.41, 5.74) is 1.73. The molecule has 0 aromatic heterocycles. The van der Waals surface area contributed by atoms with Crippen molar-refractivity contribution in [2.24, 2.45) is 0 Å². The summed E-state index contributed by atoms with van der Waals surface area (Å²) in [5, 5.41) is 0. The summed E-state index contributed by atoms with van der Waals surface area (Å²) in [6.45, 7) is 0. The average molecular weight is 286 g/mol. The quantitative estimate of drug-likeness (QED) is 0.829. The zero-order valence-corrected chi connectivity index (χ0v) is 12.1. The van der Waals surface area contributed by atoms with Gasteiger partial charge < -0.3 is 9.47 Å². The van der Waals surface area contributed by atoms with E-state index >= 15 is 0 Å². The molecule has 2 aliphatic rings. The molecule has 0 fully saturated rings. The first-order valence-electron chi connectivity index (χ1n) is 6.29. The molecular weight excluding hydrogens is 272 g/mol. The fourth-order valence-corrected chi connectivity index (χ4v) is 3.37. The van der Waals surface area contributed by atoms with Gasteiger partial charge in [-0.2, -0.15) is 0 Å². The molecule has 1 aliphatic heterocycles. The zero-order chi connectivity index (χ0) is 14.1. The molecule has 20 heavy (non-hydrogen) atoms. The molecule has 1 aromatic carbocycles. The highest BCUT2D eigenvalue weighted by atomic mass is 32.2.